The molecule has 34 heavy (non-hydrogen) atoms. The normalized spacial score (nSPS) is 22.6. The molecule has 0 spiro atoms. The predicted molar refractivity (Wildman–Crippen MR) is 119 cm³/mol. The summed E-state index contributed by atoms with van der Waals surface area (Å²) in [6, 6.07) is 7.25. The van der Waals surface area contributed by atoms with Crippen LogP contribution in [0, 0.1) is 0 Å². The van der Waals surface area contributed by atoms with Gasteiger partial charge in [-0.2, -0.15) is 0 Å². The summed E-state index contributed by atoms with van der Waals surface area (Å²) in [5.41, 5.74) is 1.71. The number of carbonyl (C=O) groups excluding carboxylic acids is 4. The molecule has 9 heteroatoms. The molecule has 0 bridgehead atoms. The van der Waals surface area contributed by atoms with Crippen LogP contribution in [-0.2, 0) is 38.8 Å². The average molecular weight is 467 g/mol. The molecule has 3 aliphatic rings. The Hall–Kier alpha value is -3.72. The fourth-order valence-corrected chi connectivity index (χ4v) is 4.26. The van der Waals surface area contributed by atoms with E-state index in [1.807, 2.05) is 0 Å². The zero-order chi connectivity index (χ0) is 26.3. The highest BCUT2D eigenvalue weighted by Crippen LogP contribution is 2.34. The fraction of sp³-hybridized carbons (Fsp3) is 0.360. The topological polar surface area (TPSA) is 105 Å². The second kappa shape index (κ2) is 9.26. The number of morpholine rings is 1. The minimum atomic E-state index is -1.17. The molecule has 2 aromatic carbocycles. The molecule has 2 unspecified atom stereocenters. The van der Waals surface area contributed by atoms with Crippen molar-refractivity contribution in [2.75, 3.05) is 19.8 Å². The number of nitrogens with zero attached hydrogens (tertiary/aromatic N) is 2. The molecule has 2 atom stereocenters. The molecule has 0 radical (unpaired) electrons. The summed E-state index contributed by atoms with van der Waals surface area (Å²) in [5.74, 6) is -1.05. The number of benzene rings is 2. The van der Waals surface area contributed by atoms with E-state index in [4.69, 9.17) is 13.6 Å². The highest BCUT2D eigenvalue weighted by Gasteiger charge is 2.40. The van der Waals surface area contributed by atoms with Gasteiger partial charge >= 0.3 is 0 Å². The number of carbonyl (C=O) groups is 4. The monoisotopic (exact) mass is 466 g/mol. The van der Waals surface area contributed by atoms with Crippen molar-refractivity contribution in [2.24, 2.45) is 0 Å². The van der Waals surface area contributed by atoms with Crippen molar-refractivity contribution in [3.63, 3.8) is 0 Å². The average Bonchev–Trinajstić information content (AvgIpc) is 3.19. The van der Waals surface area contributed by atoms with E-state index in [9.17, 15) is 19.2 Å². The largest absolute Gasteiger partial charge is 0.489 e. The van der Waals surface area contributed by atoms with Gasteiger partial charge in [0.05, 0.1) is 17.3 Å². The Morgan fingerprint density at radius 1 is 1.15 bits per heavy atom. The van der Waals surface area contributed by atoms with Gasteiger partial charge in [-0.15, -0.1) is 0 Å². The van der Waals surface area contributed by atoms with E-state index in [1.54, 1.807) is 18.2 Å². The number of amides is 4. The van der Waals surface area contributed by atoms with Crippen LogP contribution < -0.4 is 10.1 Å². The van der Waals surface area contributed by atoms with Gasteiger partial charge in [0.1, 0.15) is 25.0 Å². The summed E-state index contributed by atoms with van der Waals surface area (Å²) in [6.45, 7) is -0.583. The van der Waals surface area contributed by atoms with Crippen LogP contribution in [0.2, 0.25) is 0 Å². The molecule has 3 heterocycles. The van der Waals surface area contributed by atoms with Gasteiger partial charge in [0.2, 0.25) is 17.7 Å². The maximum Gasteiger partial charge on any atom is 0.255 e. The van der Waals surface area contributed by atoms with Crippen molar-refractivity contribution >= 4 is 23.6 Å². The molecule has 0 saturated carbocycles. The van der Waals surface area contributed by atoms with E-state index in [0.29, 0.717) is 29.0 Å². The summed E-state index contributed by atoms with van der Waals surface area (Å²) in [6.07, 6.45) is 0.429. The van der Waals surface area contributed by atoms with E-state index in [2.05, 4.69) is 5.32 Å². The zero-order valence-electron chi connectivity index (χ0n) is 21.3. The molecule has 1 N–H and O–H groups in total. The Kier molecular flexibility index (Phi) is 5.09. The minimum Gasteiger partial charge on any atom is -0.489 e. The van der Waals surface area contributed by atoms with Crippen molar-refractivity contribution in [3.8, 4) is 5.75 Å². The number of fused-ring (bicyclic) bond motifs is 1. The Balaban J connectivity index is 1.31. The van der Waals surface area contributed by atoms with E-state index in [1.165, 1.54) is 21.9 Å². The number of hydrogen-bond donors (Lipinski definition) is 1. The number of imide groups is 1. The van der Waals surface area contributed by atoms with E-state index >= 15 is 0 Å². The van der Waals surface area contributed by atoms with Crippen molar-refractivity contribution in [3.05, 3.63) is 64.7 Å². The Labute approximate surface area is 200 Å². The molecular weight excluding hydrogens is 438 g/mol. The molecule has 3 aliphatic heterocycles. The lowest BCUT2D eigenvalue weighted by Gasteiger charge is -2.29. The van der Waals surface area contributed by atoms with E-state index < -0.39 is 18.5 Å². The Morgan fingerprint density at radius 3 is 2.74 bits per heavy atom. The molecule has 0 aliphatic carbocycles. The molecule has 2 fully saturated rings. The van der Waals surface area contributed by atoms with Gasteiger partial charge in [0, 0.05) is 30.6 Å². The van der Waals surface area contributed by atoms with Crippen molar-refractivity contribution in [2.45, 2.75) is 38.6 Å². The summed E-state index contributed by atoms with van der Waals surface area (Å²) in [7, 11) is 0. The standard InChI is InChI=1S/C25H25N3O6/c29-22-9-8-20(24(31)26-22)28-13-19-18(25(28)32)2-1-3-21(19)34-14-17-6-4-16(5-7-17)12-27-10-11-33-15-23(27)30/h1-7,20H,8-15H2,(H,26,29,31)/i4D,5D,12D. The SMILES string of the molecule is [2H]c1cc(COc2cccc3c2CN(C2CCC(=O)NC2=O)C3=O)cc([2H])c1C([2H])N1CCOCC1=O. The van der Waals surface area contributed by atoms with Crippen LogP contribution in [0.1, 0.15) is 44.0 Å². The third-order valence-electron chi connectivity index (χ3n) is 6.07. The van der Waals surface area contributed by atoms with Crippen LogP contribution in [0.4, 0.5) is 0 Å². The van der Waals surface area contributed by atoms with Gasteiger partial charge in [0.25, 0.3) is 5.91 Å². The third kappa shape index (κ3) is 4.38. The summed E-state index contributed by atoms with van der Waals surface area (Å²) >= 11 is 0. The summed E-state index contributed by atoms with van der Waals surface area (Å²) in [5, 5.41) is 2.28. The Bertz CT molecular complexity index is 1280. The van der Waals surface area contributed by atoms with Gasteiger partial charge in [-0.3, -0.25) is 24.5 Å². The van der Waals surface area contributed by atoms with Crippen LogP contribution in [0.25, 0.3) is 0 Å². The van der Waals surface area contributed by atoms with Crippen molar-refractivity contribution < 1.29 is 32.8 Å². The third-order valence-corrected chi connectivity index (χ3v) is 6.07. The lowest BCUT2D eigenvalue weighted by Crippen LogP contribution is -2.52. The van der Waals surface area contributed by atoms with E-state index in [0.717, 1.165) is 0 Å². The molecule has 2 aromatic rings. The first kappa shape index (κ1) is 18.7. The Morgan fingerprint density at radius 2 is 1.97 bits per heavy atom. The number of ether oxygens (including phenoxy) is 2. The highest BCUT2D eigenvalue weighted by atomic mass is 16.5. The first-order chi connectivity index (χ1) is 17.7. The van der Waals surface area contributed by atoms with Gasteiger partial charge in [-0.05, 0) is 29.7 Å². The minimum absolute atomic E-state index is 0.0141. The van der Waals surface area contributed by atoms with Gasteiger partial charge in [-0.25, -0.2) is 0 Å². The summed E-state index contributed by atoms with van der Waals surface area (Å²) in [4.78, 5) is 51.6. The number of rotatable bonds is 6. The predicted octanol–water partition coefficient (Wildman–Crippen LogP) is 1.39. The van der Waals surface area contributed by atoms with Crippen molar-refractivity contribution in [1.29, 1.82) is 0 Å². The summed E-state index contributed by atoms with van der Waals surface area (Å²) < 4.78 is 36.3. The maximum absolute atomic E-state index is 13.0. The molecular formula is C25H25N3O6. The number of piperidine rings is 1. The lowest BCUT2D eigenvalue weighted by atomic mass is 10.0. The quantitative estimate of drug-likeness (QED) is 0.645. The lowest BCUT2D eigenvalue weighted by molar-refractivity contribution is -0.143. The van der Waals surface area contributed by atoms with Crippen LogP contribution in [0.5, 0.6) is 5.75 Å². The van der Waals surface area contributed by atoms with Gasteiger partial charge in [-0.1, -0.05) is 30.3 Å². The second-order valence-corrected chi connectivity index (χ2v) is 8.31. The first-order valence-electron chi connectivity index (χ1n) is 12.6. The maximum atomic E-state index is 13.0. The highest BCUT2D eigenvalue weighted by molar-refractivity contribution is 6.05. The fourth-order valence-electron chi connectivity index (χ4n) is 4.26. The molecule has 176 valence electrons. The second-order valence-electron chi connectivity index (χ2n) is 8.31. The zero-order valence-corrected chi connectivity index (χ0v) is 18.3. The van der Waals surface area contributed by atoms with Crippen molar-refractivity contribution in [1.82, 2.24) is 15.1 Å². The molecule has 9 nitrogen and oxygen atoms in total. The molecule has 0 aromatic heterocycles. The number of hydrogen-bond acceptors (Lipinski definition) is 6. The number of nitrogens with one attached hydrogen (secondary N) is 1. The first-order valence-corrected chi connectivity index (χ1v) is 11.0. The van der Waals surface area contributed by atoms with Crippen LogP contribution in [0.3, 0.4) is 0 Å². The smallest absolute Gasteiger partial charge is 0.255 e. The van der Waals surface area contributed by atoms with E-state index in [-0.39, 0.29) is 74.5 Å². The van der Waals surface area contributed by atoms with Crippen LogP contribution in [-0.4, -0.2) is 59.2 Å². The van der Waals surface area contributed by atoms with Gasteiger partial charge < -0.3 is 19.3 Å². The van der Waals surface area contributed by atoms with Gasteiger partial charge in [0.15, 0.2) is 0 Å². The molecule has 2 saturated heterocycles. The molecule has 5 rings (SSSR count). The molecule has 4 amide bonds. The van der Waals surface area contributed by atoms with Crippen LogP contribution >= 0.6 is 0 Å². The van der Waals surface area contributed by atoms with Crippen LogP contribution in [0.15, 0.2) is 42.4 Å².